The van der Waals surface area contributed by atoms with Gasteiger partial charge in [0.25, 0.3) is 0 Å². The first-order chi connectivity index (χ1) is 63.1. The summed E-state index contributed by atoms with van der Waals surface area (Å²) in [5.41, 5.74) is -5.31. The molecule has 19 atom stereocenters. The molecule has 1 N–H and O–H groups in total. The van der Waals surface area contributed by atoms with Crippen molar-refractivity contribution in [3.8, 4) is 24.0 Å². The maximum atomic E-state index is 12.2. The molecule has 0 radical (unpaired) electrons. The Balaban J connectivity index is 0.000000415. The van der Waals surface area contributed by atoms with E-state index in [9.17, 15) is 94.9 Å². The second-order valence-electron chi connectivity index (χ2n) is 46.2. The van der Waals surface area contributed by atoms with Gasteiger partial charge < -0.3 is 64.8 Å². The molecule has 19 unspecified atom stereocenters. The zero-order valence-corrected chi connectivity index (χ0v) is 93.4. The predicted molar refractivity (Wildman–Crippen MR) is 516 cm³/mol. The largest absolute Gasteiger partial charge is 0.481 e. The average Bonchev–Trinajstić information content (AvgIpc) is 1.55. The van der Waals surface area contributed by atoms with Crippen LogP contribution in [0.25, 0.3) is 0 Å². The van der Waals surface area contributed by atoms with Gasteiger partial charge in [-0.05, 0) is 275 Å². The van der Waals surface area contributed by atoms with Gasteiger partial charge in [0.2, 0.25) is 0 Å². The molecule has 0 aromatic heterocycles. The highest BCUT2D eigenvalue weighted by Crippen LogP contribution is 2.65. The van der Waals surface area contributed by atoms with Gasteiger partial charge in [0.05, 0.1) is 69.1 Å². The summed E-state index contributed by atoms with van der Waals surface area (Å²) in [5, 5.41) is 36.3. The lowest BCUT2D eigenvalue weighted by molar-refractivity contribution is -0.221. The van der Waals surface area contributed by atoms with E-state index < -0.39 is 161 Å². The van der Waals surface area contributed by atoms with E-state index in [1.54, 1.807) is 55.4 Å². The Hall–Kier alpha value is -7.81. The lowest BCUT2D eigenvalue weighted by Crippen LogP contribution is -2.60. The lowest BCUT2D eigenvalue weighted by atomic mass is 9.74. The van der Waals surface area contributed by atoms with Crippen molar-refractivity contribution in [2.24, 2.45) is 96.1 Å². The molecular formula is C101H163F6N3O25Si4. The minimum atomic E-state index is -4.49. The lowest BCUT2D eigenvalue weighted by Gasteiger charge is -2.42. The zero-order valence-electron chi connectivity index (χ0n) is 89.4. The molecule has 1 aromatic rings. The van der Waals surface area contributed by atoms with Crippen molar-refractivity contribution >= 4 is 99.4 Å². The first-order valence-electron chi connectivity index (χ1n) is 49.0. The fourth-order valence-corrected chi connectivity index (χ4v) is 30.8. The number of nitriles is 3. The van der Waals surface area contributed by atoms with Crippen LogP contribution in [0.1, 0.15) is 289 Å². The van der Waals surface area contributed by atoms with Crippen LogP contribution >= 0.6 is 0 Å². The number of hydrogen-bond acceptors (Lipinski definition) is 27. The second kappa shape index (κ2) is 48.3. The average molecular weight is 2050 g/mol. The van der Waals surface area contributed by atoms with Crippen LogP contribution in [0.4, 0.5) is 26.3 Å². The van der Waals surface area contributed by atoms with Crippen molar-refractivity contribution in [2.75, 3.05) is 6.61 Å². The Kier molecular flexibility index (Phi) is 43.5. The molecule has 0 amide bonds. The number of esters is 10. The van der Waals surface area contributed by atoms with Crippen LogP contribution in [0.2, 0.25) is 65.0 Å². The fraction of sp³-hybridized carbons (Fsp3) is 0.802. The minimum Gasteiger partial charge on any atom is -0.481 e. The number of alkyl halides is 6. The third-order valence-corrected chi connectivity index (χ3v) is 40.4. The van der Waals surface area contributed by atoms with E-state index in [1.165, 1.54) is 5.56 Å². The Bertz CT molecular complexity index is 4350. The molecule has 1 aromatic carbocycles. The number of benzene rings is 1. The van der Waals surface area contributed by atoms with E-state index in [0.29, 0.717) is 76.2 Å². The van der Waals surface area contributed by atoms with E-state index in [-0.39, 0.29) is 101 Å². The van der Waals surface area contributed by atoms with Crippen LogP contribution in [0.5, 0.6) is 5.75 Å². The van der Waals surface area contributed by atoms with Gasteiger partial charge in [0.15, 0.2) is 53.4 Å². The summed E-state index contributed by atoms with van der Waals surface area (Å²) < 4.78 is 144. The Morgan fingerprint density at radius 3 is 0.964 bits per heavy atom. The van der Waals surface area contributed by atoms with Crippen LogP contribution in [0, 0.1) is 130 Å². The molecule has 6 aliphatic carbocycles. The number of rotatable bonds is 32. The number of halogens is 6. The van der Waals surface area contributed by atoms with Crippen molar-refractivity contribution in [3.05, 3.63) is 29.8 Å². The highest BCUT2D eigenvalue weighted by atomic mass is 28.5. The number of carboxylic acid groups (broad SMARTS) is 1. The van der Waals surface area contributed by atoms with E-state index in [4.69, 9.17) is 55.3 Å². The number of carbonyl (C=O) groups excluding carboxylic acids is 10. The van der Waals surface area contributed by atoms with Crippen molar-refractivity contribution in [1.29, 1.82) is 15.8 Å². The van der Waals surface area contributed by atoms with Crippen LogP contribution < -0.4 is 4.74 Å². The topological polar surface area (TPSA) is 399 Å². The first-order valence-corrected chi connectivity index (χ1v) is 61.2. The molecule has 790 valence electrons. The summed E-state index contributed by atoms with van der Waals surface area (Å²) in [6.45, 7) is 67.9. The summed E-state index contributed by atoms with van der Waals surface area (Å²) in [7, 11) is -8.42. The molecule has 10 rings (SSSR count). The standard InChI is InChI=1S/C18H44O5Si4.2C15H19NO4.C15H22O2.C14H17NO4.2C9H15F3O2.C6H12O2/c1-13-18(2,3)17(19)20-15-14-16-27(21-24(4,5)6,22-25(7,8)9)23-26(10,11)12;2*1-4-14(2,3)12(17)19-10-8-5-9-11(10)20-13(18)15(9,6-8)7-16;1-6-11(2)14(16)17-13-9-7-12(8-10-13)15(3,4)5;1-3-7(2)12(16)18-10-8-4-9-11(10)19-13(17)14(9,5-8)6-15;2*1-5-8(3,4)7(13)14-6(2)9(10,11)12;1-4-6(2,3)5(7)8/h13-16H2,1-12H3;2*8-11H,4-6H2,1-3H3;7-11H,6H2,1-5H3;7-11H,3-5H2,1-2H3;2*6H,5H2,1-4H3;4H2,1-3H3,(H,7,8). The molecule has 38 heteroatoms. The van der Waals surface area contributed by atoms with Gasteiger partial charge in [0.1, 0.15) is 42.4 Å². The molecule has 3 saturated heterocycles. The minimum absolute atomic E-state index is 0.0442. The van der Waals surface area contributed by atoms with Crippen LogP contribution in [-0.4, -0.2) is 172 Å². The van der Waals surface area contributed by atoms with Crippen LogP contribution in [0.3, 0.4) is 0 Å². The Morgan fingerprint density at radius 2 is 0.712 bits per heavy atom. The highest BCUT2D eigenvalue weighted by molar-refractivity contribution is 6.90. The number of ether oxygens (including phenoxy) is 10. The van der Waals surface area contributed by atoms with Crippen LogP contribution in [0.15, 0.2) is 24.3 Å². The summed E-state index contributed by atoms with van der Waals surface area (Å²) >= 11 is 0. The van der Waals surface area contributed by atoms with E-state index in [2.05, 4.69) is 107 Å². The molecular weight excluding hydrogens is 1880 g/mol. The number of aliphatic carboxylic acids is 1. The molecule has 6 bridgehead atoms. The van der Waals surface area contributed by atoms with Crippen molar-refractivity contribution in [2.45, 2.75) is 415 Å². The highest BCUT2D eigenvalue weighted by Gasteiger charge is 2.75. The van der Waals surface area contributed by atoms with E-state index >= 15 is 0 Å². The molecule has 6 saturated carbocycles. The molecule has 28 nitrogen and oxygen atoms in total. The predicted octanol–water partition coefficient (Wildman–Crippen LogP) is 22.2. The molecule has 3 heterocycles. The van der Waals surface area contributed by atoms with Crippen molar-refractivity contribution in [1.82, 2.24) is 0 Å². The summed E-state index contributed by atoms with van der Waals surface area (Å²) in [6, 6.07) is 14.9. The van der Waals surface area contributed by atoms with E-state index in [0.717, 1.165) is 52.4 Å². The monoisotopic (exact) mass is 2040 g/mol. The van der Waals surface area contributed by atoms with Gasteiger partial charge in [-0.25, -0.2) is 0 Å². The van der Waals surface area contributed by atoms with Crippen LogP contribution in [-0.2, 0) is 113 Å². The summed E-state index contributed by atoms with van der Waals surface area (Å²) in [6.07, 6.45) is -5.78. The van der Waals surface area contributed by atoms with Gasteiger partial charge in [-0.1, -0.05) is 102 Å². The number of carbonyl (C=O) groups is 11. The summed E-state index contributed by atoms with van der Waals surface area (Å²) in [5.74, 6) is -4.26. The molecule has 9 fully saturated rings. The fourth-order valence-electron chi connectivity index (χ4n) is 16.2. The smallest absolute Gasteiger partial charge is 0.469 e. The van der Waals surface area contributed by atoms with Gasteiger partial charge in [0, 0.05) is 41.6 Å². The first kappa shape index (κ1) is 125. The second-order valence-corrected chi connectivity index (χ2v) is 63.2. The normalized spacial score (nSPS) is 26.0. The van der Waals surface area contributed by atoms with E-state index in [1.807, 2.05) is 121 Å². The van der Waals surface area contributed by atoms with Gasteiger partial charge >= 0.3 is 86.8 Å². The van der Waals surface area contributed by atoms with Gasteiger partial charge in [-0.2, -0.15) is 42.1 Å². The third kappa shape index (κ3) is 32.6. The number of carboxylic acids is 1. The quantitative estimate of drug-likeness (QED) is 0.0175. The molecule has 9 aliphatic rings. The van der Waals surface area contributed by atoms with Crippen molar-refractivity contribution in [3.63, 3.8) is 0 Å². The number of hydrogen-bond donors (Lipinski definition) is 1. The molecule has 3 aliphatic heterocycles. The molecule has 0 spiro atoms. The Labute approximate surface area is 826 Å². The van der Waals surface area contributed by atoms with Crippen molar-refractivity contribution < 1.29 is 144 Å². The number of nitrogens with zero attached hydrogens (tertiary/aromatic N) is 3. The molecule has 139 heavy (non-hydrogen) atoms. The zero-order chi connectivity index (χ0) is 108. The van der Waals surface area contributed by atoms with Gasteiger partial charge in [-0.3, -0.25) is 52.7 Å². The third-order valence-electron chi connectivity index (χ3n) is 28.4. The maximum Gasteiger partial charge on any atom is 0.469 e. The Morgan fingerprint density at radius 1 is 0.432 bits per heavy atom. The SMILES string of the molecule is CCC(C)(C)C(=O)O.CCC(C)(C)C(=O)OC(C)C(F)(F)F.CCC(C)(C)C(=O)OC(C)C(F)(F)F.CCC(C)(C)C(=O)OC1C2CC3C1OC(=O)C3(C#N)C2.CCC(C)(C)C(=O)OC1C2CC3C1OC(=O)C3(C#N)C2.CCC(C)(C)C(=O)OCCC[Si](O[Si](C)(C)C)(O[Si](C)(C)C)O[Si](C)(C)C.CCC(C)C(=O)OC1C2CC3C1OC(=O)C3(C#N)C2.CCC(C)C(=O)Oc1ccc(C(C)(C)C)cc1. The maximum absolute atomic E-state index is 12.2. The summed E-state index contributed by atoms with van der Waals surface area (Å²) in [4.78, 5) is 129. The van der Waals surface area contributed by atoms with Gasteiger partial charge in [-0.15, -0.1) is 0 Å². The number of fused-ring (bicyclic) bond motifs is 3.